The third kappa shape index (κ3) is 1.87. The molecule has 1 heterocycles. The first-order valence-electron chi connectivity index (χ1n) is 8.35. The highest BCUT2D eigenvalue weighted by molar-refractivity contribution is 6.10. The first-order valence-corrected chi connectivity index (χ1v) is 8.35. The van der Waals surface area contributed by atoms with Crippen molar-refractivity contribution in [2.24, 2.45) is 5.73 Å². The summed E-state index contributed by atoms with van der Waals surface area (Å²) in [7, 11) is 0. The molecule has 2 unspecified atom stereocenters. The Labute approximate surface area is 140 Å². The second kappa shape index (κ2) is 5.08. The van der Waals surface area contributed by atoms with Crippen molar-refractivity contribution in [3.63, 3.8) is 0 Å². The summed E-state index contributed by atoms with van der Waals surface area (Å²) in [4.78, 5) is 3.57. The maximum Gasteiger partial charge on any atom is 0.0541 e. The van der Waals surface area contributed by atoms with E-state index in [-0.39, 0.29) is 12.0 Å². The number of hydrogen-bond acceptors (Lipinski definition) is 1. The van der Waals surface area contributed by atoms with Crippen LogP contribution in [0, 0.1) is 0 Å². The van der Waals surface area contributed by atoms with Crippen LogP contribution >= 0.6 is 0 Å². The minimum absolute atomic E-state index is 0.0248. The van der Waals surface area contributed by atoms with Crippen molar-refractivity contribution >= 4 is 27.9 Å². The third-order valence-electron chi connectivity index (χ3n) is 5.16. The number of para-hydroxylation sites is 1. The summed E-state index contributed by atoms with van der Waals surface area (Å²) in [5.41, 5.74) is 12.7. The van der Waals surface area contributed by atoms with E-state index in [1.807, 2.05) is 6.07 Å². The number of nitrogens with one attached hydrogen (secondary N) is 1. The van der Waals surface area contributed by atoms with E-state index < -0.39 is 0 Å². The minimum atomic E-state index is -0.0248. The number of H-pyrrole nitrogens is 1. The predicted octanol–water partition coefficient (Wildman–Crippen LogP) is 5.13. The van der Waals surface area contributed by atoms with Crippen molar-refractivity contribution < 1.29 is 0 Å². The van der Waals surface area contributed by atoms with Gasteiger partial charge in [-0.3, -0.25) is 0 Å². The van der Waals surface area contributed by atoms with Crippen LogP contribution in [0.15, 0.2) is 72.8 Å². The molecule has 0 fully saturated rings. The van der Waals surface area contributed by atoms with Gasteiger partial charge in [-0.1, -0.05) is 72.8 Å². The van der Waals surface area contributed by atoms with Crippen molar-refractivity contribution in [2.75, 3.05) is 0 Å². The molecule has 2 heteroatoms. The van der Waals surface area contributed by atoms with Gasteiger partial charge in [0, 0.05) is 33.8 Å². The zero-order valence-electron chi connectivity index (χ0n) is 13.2. The Morgan fingerprint density at radius 2 is 1.58 bits per heavy atom. The molecule has 4 aromatic rings. The zero-order chi connectivity index (χ0) is 16.1. The van der Waals surface area contributed by atoms with E-state index in [9.17, 15) is 0 Å². The van der Waals surface area contributed by atoms with Crippen LogP contribution in [0.25, 0.3) is 27.9 Å². The van der Waals surface area contributed by atoms with Crippen LogP contribution in [0.3, 0.4) is 0 Å². The number of benzene rings is 3. The fraction of sp³-hybridized carbons (Fsp3) is 0.0909. The van der Waals surface area contributed by atoms with Gasteiger partial charge in [0.15, 0.2) is 0 Å². The lowest BCUT2D eigenvalue weighted by Crippen LogP contribution is -2.21. The SMILES string of the molecule is NC1c2ccc3c([nH]c4ccccc43)c2C=CC1c1ccccc1. The molecular weight excluding hydrogens is 292 g/mol. The number of fused-ring (bicyclic) bond motifs is 5. The Kier molecular flexibility index (Phi) is 2.88. The van der Waals surface area contributed by atoms with Gasteiger partial charge in [-0.2, -0.15) is 0 Å². The Bertz CT molecular complexity index is 1070. The van der Waals surface area contributed by atoms with Crippen molar-refractivity contribution in [2.45, 2.75) is 12.0 Å². The van der Waals surface area contributed by atoms with E-state index in [1.54, 1.807) is 0 Å². The summed E-state index contributed by atoms with van der Waals surface area (Å²) in [6.45, 7) is 0. The van der Waals surface area contributed by atoms with Gasteiger partial charge in [0.2, 0.25) is 0 Å². The first-order chi connectivity index (χ1) is 11.8. The summed E-state index contributed by atoms with van der Waals surface area (Å²) in [6.07, 6.45) is 4.47. The van der Waals surface area contributed by atoms with Gasteiger partial charge < -0.3 is 10.7 Å². The molecule has 2 nitrogen and oxygen atoms in total. The first kappa shape index (κ1) is 13.6. The molecular formula is C22H18N2. The molecule has 0 saturated carbocycles. The normalized spacial score (nSPS) is 19.7. The van der Waals surface area contributed by atoms with Gasteiger partial charge in [0.25, 0.3) is 0 Å². The standard InChI is InChI=1S/C22H18N2/c23-21-15(14-6-2-1-3-7-14)10-12-19-17(21)11-13-18-16-8-4-5-9-20(16)24-22(18)19/h1-13,15,21,24H,23H2. The topological polar surface area (TPSA) is 41.8 Å². The van der Waals surface area contributed by atoms with Gasteiger partial charge in [-0.15, -0.1) is 0 Å². The summed E-state index contributed by atoms with van der Waals surface area (Å²) in [5.74, 6) is 0.223. The van der Waals surface area contributed by atoms with E-state index in [1.165, 1.54) is 38.5 Å². The molecule has 0 spiro atoms. The zero-order valence-corrected chi connectivity index (χ0v) is 13.2. The molecule has 1 aromatic heterocycles. The maximum absolute atomic E-state index is 6.64. The van der Waals surface area contributed by atoms with E-state index in [0.29, 0.717) is 0 Å². The molecule has 3 aromatic carbocycles. The molecule has 0 aliphatic heterocycles. The van der Waals surface area contributed by atoms with Crippen molar-refractivity contribution in [3.05, 3.63) is 89.5 Å². The van der Waals surface area contributed by atoms with Gasteiger partial charge in [0.05, 0.1) is 5.52 Å². The molecule has 0 saturated heterocycles. The lowest BCUT2D eigenvalue weighted by atomic mass is 9.80. The van der Waals surface area contributed by atoms with E-state index in [2.05, 4.69) is 77.8 Å². The van der Waals surface area contributed by atoms with Crippen LogP contribution in [0.2, 0.25) is 0 Å². The number of aromatic amines is 1. The Morgan fingerprint density at radius 3 is 2.46 bits per heavy atom. The minimum Gasteiger partial charge on any atom is -0.354 e. The average molecular weight is 310 g/mol. The van der Waals surface area contributed by atoms with Gasteiger partial charge >= 0.3 is 0 Å². The quantitative estimate of drug-likeness (QED) is 0.503. The number of nitrogens with two attached hydrogens (primary N) is 1. The summed E-state index contributed by atoms with van der Waals surface area (Å²) >= 11 is 0. The molecule has 0 radical (unpaired) electrons. The molecule has 3 N–H and O–H groups in total. The third-order valence-corrected chi connectivity index (χ3v) is 5.16. The summed E-state index contributed by atoms with van der Waals surface area (Å²) in [5, 5.41) is 2.53. The Morgan fingerprint density at radius 1 is 0.792 bits per heavy atom. The van der Waals surface area contributed by atoms with Crippen LogP contribution in [-0.2, 0) is 0 Å². The number of hydrogen-bond donors (Lipinski definition) is 2. The maximum atomic E-state index is 6.64. The van der Waals surface area contributed by atoms with Crippen LogP contribution in [-0.4, -0.2) is 4.98 Å². The average Bonchev–Trinajstić information content (AvgIpc) is 3.02. The molecule has 0 bridgehead atoms. The highest BCUT2D eigenvalue weighted by Gasteiger charge is 2.26. The molecule has 1 aliphatic rings. The van der Waals surface area contributed by atoms with Crippen LogP contribution in [0.4, 0.5) is 0 Å². The molecule has 5 rings (SSSR count). The van der Waals surface area contributed by atoms with Gasteiger partial charge in [-0.05, 0) is 17.2 Å². The lowest BCUT2D eigenvalue weighted by molar-refractivity contribution is 0.641. The molecule has 116 valence electrons. The fourth-order valence-corrected chi connectivity index (χ4v) is 3.93. The molecule has 24 heavy (non-hydrogen) atoms. The molecule has 2 atom stereocenters. The second-order valence-corrected chi connectivity index (χ2v) is 6.48. The van der Waals surface area contributed by atoms with Crippen LogP contribution in [0.1, 0.15) is 28.7 Å². The van der Waals surface area contributed by atoms with E-state index >= 15 is 0 Å². The van der Waals surface area contributed by atoms with E-state index in [4.69, 9.17) is 5.73 Å². The largest absolute Gasteiger partial charge is 0.354 e. The lowest BCUT2D eigenvalue weighted by Gasteiger charge is -2.27. The highest BCUT2D eigenvalue weighted by Crippen LogP contribution is 2.40. The molecule has 1 aliphatic carbocycles. The van der Waals surface area contributed by atoms with E-state index in [0.717, 1.165) is 0 Å². The highest BCUT2D eigenvalue weighted by atomic mass is 14.7. The van der Waals surface area contributed by atoms with Crippen molar-refractivity contribution in [1.82, 2.24) is 4.98 Å². The Hall–Kier alpha value is -2.84. The van der Waals surface area contributed by atoms with Crippen molar-refractivity contribution in [3.8, 4) is 0 Å². The summed E-state index contributed by atoms with van der Waals surface area (Å²) in [6, 6.07) is 23.3. The van der Waals surface area contributed by atoms with Crippen LogP contribution in [0.5, 0.6) is 0 Å². The van der Waals surface area contributed by atoms with Crippen molar-refractivity contribution in [1.29, 1.82) is 0 Å². The Balaban J connectivity index is 1.72. The number of aromatic nitrogens is 1. The monoisotopic (exact) mass is 310 g/mol. The molecule has 0 amide bonds. The number of rotatable bonds is 1. The summed E-state index contributed by atoms with van der Waals surface area (Å²) < 4.78 is 0. The smallest absolute Gasteiger partial charge is 0.0541 e. The predicted molar refractivity (Wildman–Crippen MR) is 101 cm³/mol. The van der Waals surface area contributed by atoms with Crippen LogP contribution < -0.4 is 5.73 Å². The van der Waals surface area contributed by atoms with Gasteiger partial charge in [0.1, 0.15) is 0 Å². The fourth-order valence-electron chi connectivity index (χ4n) is 3.93. The second-order valence-electron chi connectivity index (χ2n) is 6.48. The van der Waals surface area contributed by atoms with Gasteiger partial charge in [-0.25, -0.2) is 0 Å².